The molecule has 2 rings (SSSR count). The van der Waals surface area contributed by atoms with Crippen LogP contribution in [-0.2, 0) is 9.53 Å². The Bertz CT molecular complexity index is 407. The van der Waals surface area contributed by atoms with E-state index in [2.05, 4.69) is 15.9 Å². The van der Waals surface area contributed by atoms with Crippen LogP contribution in [0, 0.1) is 0 Å². The van der Waals surface area contributed by atoms with E-state index in [-0.39, 0.29) is 10.9 Å². The summed E-state index contributed by atoms with van der Waals surface area (Å²) in [6.45, 7) is 0. The van der Waals surface area contributed by atoms with E-state index >= 15 is 0 Å². The molecule has 1 aromatic rings. The minimum Gasteiger partial charge on any atom is -0.459 e. The maximum Gasteiger partial charge on any atom is 0.339 e. The molecule has 1 aliphatic carbocycles. The van der Waals surface area contributed by atoms with E-state index in [1.165, 1.54) is 6.42 Å². The zero-order valence-corrected chi connectivity index (χ0v) is 12.4. The molecular weight excluding hydrogens is 308 g/mol. The first-order valence-corrected chi connectivity index (χ1v) is 7.67. The molecule has 0 spiro atoms. The van der Waals surface area contributed by atoms with Crippen LogP contribution in [0.5, 0.6) is 0 Å². The lowest BCUT2D eigenvalue weighted by Gasteiger charge is -2.22. The maximum atomic E-state index is 12.0. The third-order valence-corrected chi connectivity index (χ3v) is 4.53. The molecule has 0 radical (unpaired) electrons. The summed E-state index contributed by atoms with van der Waals surface area (Å²) in [5.41, 5.74) is 0.576. The van der Waals surface area contributed by atoms with Gasteiger partial charge in [0.1, 0.15) is 6.10 Å². The number of halogens is 1. The van der Waals surface area contributed by atoms with Gasteiger partial charge in [-0.2, -0.15) is 0 Å². The lowest BCUT2D eigenvalue weighted by Crippen LogP contribution is -2.29. The highest BCUT2D eigenvalue weighted by Crippen LogP contribution is 2.27. The van der Waals surface area contributed by atoms with Gasteiger partial charge in [0, 0.05) is 0 Å². The van der Waals surface area contributed by atoms with Crippen LogP contribution in [0.1, 0.15) is 43.8 Å². The van der Waals surface area contributed by atoms with Crippen molar-refractivity contribution < 1.29 is 14.6 Å². The third kappa shape index (κ3) is 4.05. The van der Waals surface area contributed by atoms with E-state index in [1.807, 2.05) is 6.07 Å². The van der Waals surface area contributed by atoms with Crippen LogP contribution in [0.2, 0.25) is 0 Å². The van der Waals surface area contributed by atoms with E-state index in [4.69, 9.17) is 4.74 Å². The number of aliphatic hydroxyl groups is 1. The quantitative estimate of drug-likeness (QED) is 0.526. The van der Waals surface area contributed by atoms with Crippen LogP contribution in [0.15, 0.2) is 30.3 Å². The molecule has 19 heavy (non-hydrogen) atoms. The predicted molar refractivity (Wildman–Crippen MR) is 77.1 cm³/mol. The summed E-state index contributed by atoms with van der Waals surface area (Å²) in [5.74, 6) is -0.553. The van der Waals surface area contributed by atoms with Crippen LogP contribution in [0.3, 0.4) is 0 Å². The van der Waals surface area contributed by atoms with Crippen molar-refractivity contribution >= 4 is 21.9 Å². The van der Waals surface area contributed by atoms with Crippen molar-refractivity contribution in [3.05, 3.63) is 35.9 Å². The molecule has 3 nitrogen and oxygen atoms in total. The number of alkyl halides is 1. The van der Waals surface area contributed by atoms with E-state index in [0.29, 0.717) is 5.56 Å². The molecule has 0 amide bonds. The molecule has 1 fully saturated rings. The Morgan fingerprint density at radius 3 is 2.63 bits per heavy atom. The predicted octanol–water partition coefficient (Wildman–Crippen LogP) is 3.36. The van der Waals surface area contributed by atoms with Gasteiger partial charge in [-0.05, 0) is 24.8 Å². The van der Waals surface area contributed by atoms with Gasteiger partial charge in [-0.1, -0.05) is 59.1 Å². The number of carbonyl (C=O) groups excluding carboxylic acids is 1. The zero-order chi connectivity index (χ0) is 13.7. The summed E-state index contributed by atoms with van der Waals surface area (Å²) in [5, 5.41) is 9.99. The molecule has 0 aliphatic heterocycles. The van der Waals surface area contributed by atoms with Crippen molar-refractivity contribution in [3.8, 4) is 0 Å². The molecule has 104 valence electrons. The van der Waals surface area contributed by atoms with Crippen LogP contribution in [-0.4, -0.2) is 22.0 Å². The summed E-state index contributed by atoms with van der Waals surface area (Å²) < 4.78 is 5.46. The summed E-state index contributed by atoms with van der Waals surface area (Å²) in [4.78, 5) is 12.2. The number of aliphatic hydroxyl groups excluding tert-OH is 1. The van der Waals surface area contributed by atoms with Crippen LogP contribution >= 0.6 is 15.9 Å². The van der Waals surface area contributed by atoms with E-state index in [9.17, 15) is 9.90 Å². The highest BCUT2D eigenvalue weighted by Gasteiger charge is 2.28. The molecule has 3 atom stereocenters. The van der Waals surface area contributed by atoms with E-state index < -0.39 is 12.1 Å². The third-order valence-electron chi connectivity index (χ3n) is 3.48. The highest BCUT2D eigenvalue weighted by atomic mass is 79.9. The SMILES string of the molecule is O=C(O[C@@H]1CCCCC[C@H]1Br)[C@@H](O)c1ccccc1. The molecule has 1 saturated carbocycles. The molecule has 0 unspecified atom stereocenters. The minimum absolute atomic E-state index is 0.131. The molecule has 1 N–H and O–H groups in total. The number of carbonyl (C=O) groups is 1. The average Bonchev–Trinajstić information content (AvgIpc) is 2.64. The van der Waals surface area contributed by atoms with Crippen molar-refractivity contribution in [2.45, 2.75) is 49.1 Å². The standard InChI is InChI=1S/C15H19BrO3/c16-12-9-5-2-6-10-13(12)19-15(18)14(17)11-7-3-1-4-8-11/h1,3-4,7-8,12-14,17H,2,5-6,9-10H2/t12-,13-,14+/m1/s1. The van der Waals surface area contributed by atoms with E-state index in [1.54, 1.807) is 24.3 Å². The van der Waals surface area contributed by atoms with Gasteiger partial charge in [-0.25, -0.2) is 4.79 Å². The van der Waals surface area contributed by atoms with Crippen LogP contribution < -0.4 is 0 Å². The second-order valence-electron chi connectivity index (χ2n) is 4.94. The van der Waals surface area contributed by atoms with Gasteiger partial charge in [0.2, 0.25) is 0 Å². The molecule has 0 heterocycles. The Labute approximate surface area is 122 Å². The van der Waals surface area contributed by atoms with E-state index in [0.717, 1.165) is 25.7 Å². The Morgan fingerprint density at radius 1 is 1.21 bits per heavy atom. The normalized spacial score (nSPS) is 25.4. The minimum atomic E-state index is -1.19. The first kappa shape index (κ1) is 14.5. The van der Waals surface area contributed by atoms with Crippen LogP contribution in [0.4, 0.5) is 0 Å². The molecule has 0 aromatic heterocycles. The van der Waals surface area contributed by atoms with Crippen molar-refractivity contribution in [2.75, 3.05) is 0 Å². The molecule has 0 bridgehead atoms. The van der Waals surface area contributed by atoms with Crippen LogP contribution in [0.25, 0.3) is 0 Å². The monoisotopic (exact) mass is 326 g/mol. The summed E-state index contributed by atoms with van der Waals surface area (Å²) >= 11 is 3.58. The summed E-state index contributed by atoms with van der Waals surface area (Å²) in [7, 11) is 0. The Hall–Kier alpha value is -0.870. The lowest BCUT2D eigenvalue weighted by molar-refractivity contribution is -0.159. The largest absolute Gasteiger partial charge is 0.459 e. The van der Waals surface area contributed by atoms with Gasteiger partial charge in [-0.15, -0.1) is 0 Å². The van der Waals surface area contributed by atoms with Gasteiger partial charge in [-0.3, -0.25) is 0 Å². The Kier molecular flexibility index (Phi) is 5.40. The average molecular weight is 327 g/mol. The van der Waals surface area contributed by atoms with Crippen molar-refractivity contribution in [1.82, 2.24) is 0 Å². The molecule has 1 aliphatic rings. The van der Waals surface area contributed by atoms with Crippen molar-refractivity contribution in [3.63, 3.8) is 0 Å². The number of benzene rings is 1. The molecule has 4 heteroatoms. The first-order chi connectivity index (χ1) is 9.18. The summed E-state index contributed by atoms with van der Waals surface area (Å²) in [6.07, 6.45) is 3.96. The van der Waals surface area contributed by atoms with Gasteiger partial charge in [0.05, 0.1) is 4.83 Å². The van der Waals surface area contributed by atoms with Gasteiger partial charge in [0.25, 0.3) is 0 Å². The maximum absolute atomic E-state index is 12.0. The zero-order valence-electron chi connectivity index (χ0n) is 10.8. The van der Waals surface area contributed by atoms with Gasteiger partial charge < -0.3 is 9.84 Å². The Balaban J connectivity index is 1.96. The fourth-order valence-electron chi connectivity index (χ4n) is 2.35. The highest BCUT2D eigenvalue weighted by molar-refractivity contribution is 9.09. The molecule has 0 saturated heterocycles. The number of ether oxygens (including phenoxy) is 1. The van der Waals surface area contributed by atoms with Crippen molar-refractivity contribution in [1.29, 1.82) is 0 Å². The van der Waals surface area contributed by atoms with Gasteiger partial charge in [0.15, 0.2) is 6.10 Å². The first-order valence-electron chi connectivity index (χ1n) is 6.76. The smallest absolute Gasteiger partial charge is 0.339 e. The molecular formula is C15H19BrO3. The number of rotatable bonds is 3. The van der Waals surface area contributed by atoms with Gasteiger partial charge >= 0.3 is 5.97 Å². The number of hydrogen-bond acceptors (Lipinski definition) is 3. The topological polar surface area (TPSA) is 46.5 Å². The van der Waals surface area contributed by atoms with Crippen molar-refractivity contribution in [2.24, 2.45) is 0 Å². The lowest BCUT2D eigenvalue weighted by atomic mass is 10.1. The second-order valence-corrected chi connectivity index (χ2v) is 6.12. The fourth-order valence-corrected chi connectivity index (χ4v) is 3.04. The number of hydrogen-bond donors (Lipinski definition) is 1. The Morgan fingerprint density at radius 2 is 1.89 bits per heavy atom. The fraction of sp³-hybridized carbons (Fsp3) is 0.533. The summed E-state index contributed by atoms with van der Waals surface area (Å²) in [6, 6.07) is 8.90. The second kappa shape index (κ2) is 7.06. The molecule has 1 aromatic carbocycles. The number of esters is 1.